The molecule has 0 aromatic carbocycles. The van der Waals surface area contributed by atoms with Gasteiger partial charge in [-0.05, 0) is 24.3 Å². The molecule has 1 saturated carbocycles. The van der Waals surface area contributed by atoms with Crippen LogP contribution >= 0.6 is 0 Å². The summed E-state index contributed by atoms with van der Waals surface area (Å²) in [5, 5.41) is 3.38. The molecule has 1 aromatic heterocycles. The molecule has 1 N–H and O–H groups in total. The van der Waals surface area contributed by atoms with Gasteiger partial charge < -0.3 is 10.1 Å². The summed E-state index contributed by atoms with van der Waals surface area (Å²) in [6, 6.07) is 4.57. The molecule has 0 unspecified atom stereocenters. The Kier molecular flexibility index (Phi) is 5.00. The first-order valence-corrected chi connectivity index (χ1v) is 7.05. The normalized spacial score (nSPS) is 16.4. The minimum Gasteiger partial charge on any atom is -0.477 e. The molecule has 18 heavy (non-hydrogen) atoms. The smallest absolute Gasteiger partial charge is 0.213 e. The van der Waals surface area contributed by atoms with Crippen LogP contribution in [0, 0.1) is 5.92 Å². The molecule has 1 aliphatic carbocycles. The lowest BCUT2D eigenvalue weighted by Gasteiger charge is -2.11. The van der Waals surface area contributed by atoms with Gasteiger partial charge in [-0.3, -0.25) is 0 Å². The van der Waals surface area contributed by atoms with Crippen molar-refractivity contribution in [1.29, 1.82) is 0 Å². The molecule has 0 saturated heterocycles. The molecule has 0 radical (unpaired) electrons. The van der Waals surface area contributed by atoms with Gasteiger partial charge in [0.25, 0.3) is 0 Å². The first kappa shape index (κ1) is 13.3. The number of nitrogens with one attached hydrogen (secondary N) is 1. The summed E-state index contributed by atoms with van der Waals surface area (Å²) in [5.41, 5.74) is 1.21. The van der Waals surface area contributed by atoms with E-state index in [1.54, 1.807) is 0 Å². The lowest BCUT2D eigenvalue weighted by Crippen LogP contribution is -2.21. The second-order valence-electron chi connectivity index (χ2n) is 5.50. The monoisotopic (exact) mass is 248 g/mol. The van der Waals surface area contributed by atoms with Crippen LogP contribution in [0.1, 0.15) is 45.1 Å². The largest absolute Gasteiger partial charge is 0.477 e. The molecule has 0 aliphatic heterocycles. The van der Waals surface area contributed by atoms with Crippen LogP contribution in [-0.2, 0) is 6.54 Å². The number of nitrogens with zero attached hydrogens (tertiary/aromatic N) is 1. The molecule has 3 nitrogen and oxygen atoms in total. The Hall–Kier alpha value is -1.09. The predicted octanol–water partition coefficient (Wildman–Crippen LogP) is 3.15. The van der Waals surface area contributed by atoms with E-state index in [1.807, 2.05) is 12.3 Å². The zero-order valence-electron chi connectivity index (χ0n) is 11.5. The molecule has 1 heterocycles. The minimum atomic E-state index is 0.503. The fourth-order valence-electron chi connectivity index (χ4n) is 2.30. The number of ether oxygens (including phenoxy) is 1. The molecule has 0 bridgehead atoms. The van der Waals surface area contributed by atoms with E-state index in [1.165, 1.54) is 31.2 Å². The van der Waals surface area contributed by atoms with Crippen molar-refractivity contribution in [3.63, 3.8) is 0 Å². The van der Waals surface area contributed by atoms with Crippen molar-refractivity contribution in [3.8, 4) is 5.88 Å². The first-order chi connectivity index (χ1) is 8.74. The molecule has 1 aliphatic rings. The molecule has 2 rings (SSSR count). The maximum Gasteiger partial charge on any atom is 0.213 e. The molecule has 0 amide bonds. The van der Waals surface area contributed by atoms with Crippen LogP contribution in [0.5, 0.6) is 5.88 Å². The highest BCUT2D eigenvalue weighted by atomic mass is 16.5. The van der Waals surface area contributed by atoms with Gasteiger partial charge in [0.1, 0.15) is 0 Å². The Labute approximate surface area is 110 Å². The third-order valence-corrected chi connectivity index (χ3v) is 3.45. The van der Waals surface area contributed by atoms with Crippen molar-refractivity contribution >= 4 is 0 Å². The second-order valence-corrected chi connectivity index (χ2v) is 5.50. The predicted molar refractivity (Wildman–Crippen MR) is 73.7 cm³/mol. The average Bonchev–Trinajstić information content (AvgIpc) is 2.88. The lowest BCUT2D eigenvalue weighted by molar-refractivity contribution is 0.243. The van der Waals surface area contributed by atoms with E-state index in [9.17, 15) is 0 Å². The van der Waals surface area contributed by atoms with Gasteiger partial charge in [0.2, 0.25) is 5.88 Å². The van der Waals surface area contributed by atoms with Gasteiger partial charge in [0.05, 0.1) is 6.61 Å². The fraction of sp³-hybridized carbons (Fsp3) is 0.667. The van der Waals surface area contributed by atoms with Gasteiger partial charge in [0.15, 0.2) is 0 Å². The molecular formula is C15H24N2O. The van der Waals surface area contributed by atoms with Gasteiger partial charge in [-0.25, -0.2) is 4.98 Å². The summed E-state index contributed by atoms with van der Waals surface area (Å²) >= 11 is 0. The van der Waals surface area contributed by atoms with Crippen molar-refractivity contribution in [2.24, 2.45) is 5.92 Å². The van der Waals surface area contributed by atoms with E-state index in [0.29, 0.717) is 6.04 Å². The molecule has 3 heteroatoms. The Morgan fingerprint density at radius 1 is 1.33 bits per heavy atom. The average molecular weight is 248 g/mol. The zero-order chi connectivity index (χ0) is 12.8. The van der Waals surface area contributed by atoms with Crippen LogP contribution in [0.4, 0.5) is 0 Å². The number of rotatable bonds is 6. The van der Waals surface area contributed by atoms with Gasteiger partial charge in [-0.15, -0.1) is 0 Å². The Morgan fingerprint density at radius 3 is 2.72 bits per heavy atom. The van der Waals surface area contributed by atoms with Crippen LogP contribution < -0.4 is 10.1 Å². The van der Waals surface area contributed by atoms with E-state index >= 15 is 0 Å². The van der Waals surface area contributed by atoms with E-state index in [4.69, 9.17) is 4.74 Å². The third-order valence-electron chi connectivity index (χ3n) is 3.45. The van der Waals surface area contributed by atoms with Crippen molar-refractivity contribution < 1.29 is 4.74 Å². The molecule has 0 spiro atoms. The number of hydrogen-bond donors (Lipinski definition) is 1. The standard InChI is InChI=1S/C15H24N2O/c1-12(2)16-9-14-7-8-15(17-10-14)18-11-13-5-3-4-6-13/h7-8,10,12-13,16H,3-6,9,11H2,1-2H3. The highest BCUT2D eigenvalue weighted by Crippen LogP contribution is 2.25. The van der Waals surface area contributed by atoms with E-state index in [0.717, 1.165) is 24.9 Å². The van der Waals surface area contributed by atoms with Gasteiger partial charge >= 0.3 is 0 Å². The Bertz CT molecular complexity index is 342. The summed E-state index contributed by atoms with van der Waals surface area (Å²) in [6.45, 7) is 5.99. The summed E-state index contributed by atoms with van der Waals surface area (Å²) < 4.78 is 5.74. The zero-order valence-corrected chi connectivity index (χ0v) is 11.5. The van der Waals surface area contributed by atoms with Gasteiger partial charge in [-0.1, -0.05) is 32.8 Å². The number of pyridine rings is 1. The third kappa shape index (κ3) is 4.30. The van der Waals surface area contributed by atoms with Crippen molar-refractivity contribution in [2.45, 2.75) is 52.1 Å². The maximum atomic E-state index is 5.74. The quantitative estimate of drug-likeness (QED) is 0.839. The van der Waals surface area contributed by atoms with Crippen LogP contribution in [0.15, 0.2) is 18.3 Å². The molecule has 100 valence electrons. The summed E-state index contributed by atoms with van der Waals surface area (Å²) in [5.74, 6) is 1.50. The fourth-order valence-corrected chi connectivity index (χ4v) is 2.30. The van der Waals surface area contributed by atoms with Crippen LogP contribution in [0.2, 0.25) is 0 Å². The Balaban J connectivity index is 1.76. The lowest BCUT2D eigenvalue weighted by atomic mass is 10.1. The summed E-state index contributed by atoms with van der Waals surface area (Å²) in [4.78, 5) is 4.36. The molecule has 1 fully saturated rings. The minimum absolute atomic E-state index is 0.503. The number of hydrogen-bond acceptors (Lipinski definition) is 3. The Morgan fingerprint density at radius 2 is 2.11 bits per heavy atom. The SMILES string of the molecule is CC(C)NCc1ccc(OCC2CCCC2)nc1. The summed E-state index contributed by atoms with van der Waals surface area (Å²) in [7, 11) is 0. The first-order valence-electron chi connectivity index (χ1n) is 7.05. The van der Waals surface area contributed by atoms with E-state index < -0.39 is 0 Å². The summed E-state index contributed by atoms with van der Waals surface area (Å²) in [6.07, 6.45) is 7.26. The van der Waals surface area contributed by atoms with Crippen LogP contribution in [-0.4, -0.2) is 17.6 Å². The maximum absolute atomic E-state index is 5.74. The van der Waals surface area contributed by atoms with Gasteiger partial charge in [0, 0.05) is 24.8 Å². The van der Waals surface area contributed by atoms with Crippen LogP contribution in [0.3, 0.4) is 0 Å². The van der Waals surface area contributed by atoms with Crippen molar-refractivity contribution in [2.75, 3.05) is 6.61 Å². The van der Waals surface area contributed by atoms with E-state index in [-0.39, 0.29) is 0 Å². The molecule has 1 aromatic rings. The van der Waals surface area contributed by atoms with Crippen LogP contribution in [0.25, 0.3) is 0 Å². The van der Waals surface area contributed by atoms with Crippen molar-refractivity contribution in [3.05, 3.63) is 23.9 Å². The highest BCUT2D eigenvalue weighted by molar-refractivity contribution is 5.17. The van der Waals surface area contributed by atoms with Crippen molar-refractivity contribution in [1.82, 2.24) is 10.3 Å². The second kappa shape index (κ2) is 6.74. The van der Waals surface area contributed by atoms with Gasteiger partial charge in [-0.2, -0.15) is 0 Å². The topological polar surface area (TPSA) is 34.1 Å². The number of aromatic nitrogens is 1. The molecule has 0 atom stereocenters. The highest BCUT2D eigenvalue weighted by Gasteiger charge is 2.15. The van der Waals surface area contributed by atoms with E-state index in [2.05, 4.69) is 30.2 Å². The molecular weight excluding hydrogens is 224 g/mol.